The Bertz CT molecular complexity index is 527. The average molecular weight is 301 g/mol. The molecule has 1 amide bonds. The molecule has 1 aromatic rings. The molecule has 1 rings (SSSR count). The van der Waals surface area contributed by atoms with Crippen molar-refractivity contribution in [2.45, 2.75) is 60.3 Å². The number of allylic oxidation sites excluding steroid dienone is 1. The third kappa shape index (κ3) is 3.79. The number of aryl methyl sites for hydroxylation is 1. The average Bonchev–Trinajstić information content (AvgIpc) is 2.51. The van der Waals surface area contributed by atoms with Gasteiger partial charge in [0, 0.05) is 18.7 Å². The van der Waals surface area contributed by atoms with E-state index < -0.39 is 0 Å². The number of rotatable bonds is 8. The molecule has 0 aromatic heterocycles. The van der Waals surface area contributed by atoms with Gasteiger partial charge in [-0.2, -0.15) is 0 Å². The quantitative estimate of drug-likeness (QED) is 0.636. The number of benzene rings is 1. The van der Waals surface area contributed by atoms with Gasteiger partial charge in [0.05, 0.1) is 0 Å². The summed E-state index contributed by atoms with van der Waals surface area (Å²) in [6.45, 7) is 16.0. The molecular weight excluding hydrogens is 270 g/mol. The van der Waals surface area contributed by atoms with Crippen LogP contribution in [0.2, 0.25) is 0 Å². The molecular formula is C20H31NO. The van der Waals surface area contributed by atoms with Crippen LogP contribution in [0.3, 0.4) is 0 Å². The molecule has 0 fully saturated rings. The normalized spacial score (nSPS) is 10.6. The summed E-state index contributed by atoms with van der Waals surface area (Å²) in [5, 5.41) is 0. The molecule has 2 heteroatoms. The lowest BCUT2D eigenvalue weighted by Crippen LogP contribution is -2.31. The van der Waals surface area contributed by atoms with E-state index in [-0.39, 0.29) is 5.91 Å². The predicted octanol–water partition coefficient (Wildman–Crippen LogP) is 4.72. The van der Waals surface area contributed by atoms with E-state index in [1.54, 1.807) is 0 Å². The Hall–Kier alpha value is -1.57. The lowest BCUT2D eigenvalue weighted by Gasteiger charge is -2.23. The van der Waals surface area contributed by atoms with Crippen molar-refractivity contribution in [1.29, 1.82) is 0 Å². The molecule has 0 unspecified atom stereocenters. The highest BCUT2D eigenvalue weighted by Crippen LogP contribution is 2.27. The third-order valence-electron chi connectivity index (χ3n) is 4.43. The van der Waals surface area contributed by atoms with E-state index in [0.29, 0.717) is 0 Å². The van der Waals surface area contributed by atoms with Crippen molar-refractivity contribution in [3.8, 4) is 0 Å². The second-order valence-corrected chi connectivity index (χ2v) is 5.74. The van der Waals surface area contributed by atoms with Crippen LogP contribution >= 0.6 is 0 Å². The van der Waals surface area contributed by atoms with Crippen LogP contribution in [0.5, 0.6) is 0 Å². The molecule has 0 aliphatic heterocycles. The number of hydrogen-bond donors (Lipinski definition) is 0. The van der Waals surface area contributed by atoms with Gasteiger partial charge in [0.15, 0.2) is 0 Å². The van der Waals surface area contributed by atoms with Crippen molar-refractivity contribution in [3.05, 3.63) is 46.5 Å². The van der Waals surface area contributed by atoms with Crippen LogP contribution in [0.1, 0.15) is 66.7 Å². The third-order valence-corrected chi connectivity index (χ3v) is 4.43. The fourth-order valence-electron chi connectivity index (χ4n) is 3.23. The number of carbonyl (C=O) groups is 1. The summed E-state index contributed by atoms with van der Waals surface area (Å²) in [6.07, 6.45) is 5.94. The summed E-state index contributed by atoms with van der Waals surface area (Å²) in [7, 11) is 0. The molecule has 0 heterocycles. The molecule has 1 aromatic carbocycles. The first-order valence-electron chi connectivity index (χ1n) is 8.59. The van der Waals surface area contributed by atoms with Gasteiger partial charge in [-0.3, -0.25) is 4.79 Å². The number of hydrogen-bond acceptors (Lipinski definition) is 1. The maximum atomic E-state index is 12.8. The van der Waals surface area contributed by atoms with Gasteiger partial charge in [-0.05, 0) is 68.4 Å². The predicted molar refractivity (Wildman–Crippen MR) is 95.7 cm³/mol. The molecule has 0 aliphatic rings. The van der Waals surface area contributed by atoms with Crippen molar-refractivity contribution in [2.75, 3.05) is 13.1 Å². The Morgan fingerprint density at radius 1 is 1.18 bits per heavy atom. The Morgan fingerprint density at radius 3 is 2.27 bits per heavy atom. The minimum Gasteiger partial charge on any atom is -0.339 e. The molecule has 122 valence electrons. The fourth-order valence-corrected chi connectivity index (χ4v) is 3.23. The fraction of sp³-hybridized carbons (Fsp3) is 0.550. The summed E-state index contributed by atoms with van der Waals surface area (Å²) in [6, 6.07) is 2.14. The molecule has 0 N–H and O–H groups in total. The van der Waals surface area contributed by atoms with Gasteiger partial charge >= 0.3 is 0 Å². The monoisotopic (exact) mass is 301 g/mol. The Morgan fingerprint density at radius 2 is 1.82 bits per heavy atom. The second-order valence-electron chi connectivity index (χ2n) is 5.74. The summed E-state index contributed by atoms with van der Waals surface area (Å²) >= 11 is 0. The Kier molecular flexibility index (Phi) is 7.37. The van der Waals surface area contributed by atoms with Crippen LogP contribution in [-0.4, -0.2) is 23.9 Å². The molecule has 0 saturated carbocycles. The summed E-state index contributed by atoms with van der Waals surface area (Å²) in [5.41, 5.74) is 6.07. The van der Waals surface area contributed by atoms with Crippen LogP contribution in [0.25, 0.3) is 0 Å². The minimum absolute atomic E-state index is 0.166. The minimum atomic E-state index is 0.166. The van der Waals surface area contributed by atoms with Crippen LogP contribution in [0.4, 0.5) is 0 Å². The highest BCUT2D eigenvalue weighted by atomic mass is 16.2. The second kappa shape index (κ2) is 8.77. The maximum absolute atomic E-state index is 12.8. The molecule has 0 bridgehead atoms. The molecule has 2 nitrogen and oxygen atoms in total. The van der Waals surface area contributed by atoms with Gasteiger partial charge in [-0.15, -0.1) is 6.58 Å². The standard InChI is InChI=1S/C20H31NO/c1-7-12-16-14-19(20(22)21(10-4)11-5)15(6)17(9-3)18(16)13-8-2/h8,14H,2,7,9-13H2,1,3-6H3. The van der Waals surface area contributed by atoms with Crippen molar-refractivity contribution in [1.82, 2.24) is 4.90 Å². The zero-order valence-corrected chi connectivity index (χ0v) is 15.0. The van der Waals surface area contributed by atoms with Crippen molar-refractivity contribution in [3.63, 3.8) is 0 Å². The Labute approximate surface area is 136 Å². The lowest BCUT2D eigenvalue weighted by molar-refractivity contribution is 0.0772. The number of nitrogens with zero attached hydrogens (tertiary/aromatic N) is 1. The SMILES string of the molecule is C=CCc1c(CCC)cc(C(=O)N(CC)CC)c(C)c1CC. The molecule has 0 saturated heterocycles. The van der Waals surface area contributed by atoms with Gasteiger partial charge in [0.2, 0.25) is 0 Å². The van der Waals surface area contributed by atoms with E-state index in [0.717, 1.165) is 49.9 Å². The van der Waals surface area contributed by atoms with E-state index >= 15 is 0 Å². The van der Waals surface area contributed by atoms with E-state index in [1.807, 2.05) is 24.8 Å². The van der Waals surface area contributed by atoms with Gasteiger partial charge in [-0.25, -0.2) is 0 Å². The van der Waals surface area contributed by atoms with Crippen LogP contribution in [0.15, 0.2) is 18.7 Å². The number of amides is 1. The Balaban J connectivity index is 3.49. The molecule has 0 aliphatic carbocycles. The van der Waals surface area contributed by atoms with Crippen molar-refractivity contribution < 1.29 is 4.79 Å². The van der Waals surface area contributed by atoms with Crippen LogP contribution < -0.4 is 0 Å². The van der Waals surface area contributed by atoms with Crippen LogP contribution in [-0.2, 0) is 19.3 Å². The number of carbonyl (C=O) groups excluding carboxylic acids is 1. The lowest BCUT2D eigenvalue weighted by atomic mass is 9.87. The highest BCUT2D eigenvalue weighted by Gasteiger charge is 2.20. The molecule has 0 atom stereocenters. The topological polar surface area (TPSA) is 20.3 Å². The molecule has 0 radical (unpaired) electrons. The van der Waals surface area contributed by atoms with E-state index in [4.69, 9.17) is 0 Å². The first-order chi connectivity index (χ1) is 10.5. The highest BCUT2D eigenvalue weighted by molar-refractivity contribution is 5.96. The van der Waals surface area contributed by atoms with Gasteiger partial charge in [-0.1, -0.05) is 26.3 Å². The van der Waals surface area contributed by atoms with Crippen molar-refractivity contribution in [2.24, 2.45) is 0 Å². The summed E-state index contributed by atoms with van der Waals surface area (Å²) < 4.78 is 0. The summed E-state index contributed by atoms with van der Waals surface area (Å²) in [5.74, 6) is 0.166. The first-order valence-corrected chi connectivity index (χ1v) is 8.59. The van der Waals surface area contributed by atoms with Gasteiger partial charge in [0.1, 0.15) is 0 Å². The maximum Gasteiger partial charge on any atom is 0.254 e. The van der Waals surface area contributed by atoms with E-state index in [1.165, 1.54) is 16.7 Å². The molecule has 0 spiro atoms. The van der Waals surface area contributed by atoms with Gasteiger partial charge < -0.3 is 4.90 Å². The van der Waals surface area contributed by atoms with E-state index in [9.17, 15) is 4.79 Å². The van der Waals surface area contributed by atoms with Crippen LogP contribution in [0, 0.1) is 6.92 Å². The van der Waals surface area contributed by atoms with E-state index in [2.05, 4.69) is 33.4 Å². The zero-order valence-electron chi connectivity index (χ0n) is 15.0. The first kappa shape index (κ1) is 18.5. The van der Waals surface area contributed by atoms with Crippen molar-refractivity contribution >= 4 is 5.91 Å². The largest absolute Gasteiger partial charge is 0.339 e. The zero-order chi connectivity index (χ0) is 16.7. The van der Waals surface area contributed by atoms with Gasteiger partial charge in [0.25, 0.3) is 5.91 Å². The summed E-state index contributed by atoms with van der Waals surface area (Å²) in [4.78, 5) is 14.7. The molecule has 22 heavy (non-hydrogen) atoms. The smallest absolute Gasteiger partial charge is 0.254 e.